The summed E-state index contributed by atoms with van der Waals surface area (Å²) in [6.45, 7) is 4.40. The molecule has 1 aliphatic heterocycles. The molecule has 7 nitrogen and oxygen atoms in total. The second kappa shape index (κ2) is 4.86. The van der Waals surface area contributed by atoms with Crippen molar-refractivity contribution in [3.8, 4) is 0 Å². The van der Waals surface area contributed by atoms with Gasteiger partial charge in [-0.05, 0) is 6.92 Å². The van der Waals surface area contributed by atoms with Crippen molar-refractivity contribution >= 4 is 23.5 Å². The normalized spacial score (nSPS) is 15.6. The van der Waals surface area contributed by atoms with Crippen molar-refractivity contribution in [2.45, 2.75) is 6.92 Å². The Morgan fingerprint density at radius 1 is 1.59 bits per heavy atom. The summed E-state index contributed by atoms with van der Waals surface area (Å²) < 4.78 is 0. The number of carbonyl (C=O) groups excluding carboxylic acids is 1. The molecule has 0 spiro atoms. The van der Waals surface area contributed by atoms with E-state index in [0.29, 0.717) is 24.7 Å². The van der Waals surface area contributed by atoms with Crippen molar-refractivity contribution < 1.29 is 4.79 Å². The summed E-state index contributed by atoms with van der Waals surface area (Å²) in [6, 6.07) is 1.80. The van der Waals surface area contributed by atoms with Gasteiger partial charge in [0.2, 0.25) is 11.9 Å². The molecule has 17 heavy (non-hydrogen) atoms. The molecule has 1 fully saturated rings. The summed E-state index contributed by atoms with van der Waals surface area (Å²) in [4.78, 5) is 21.4. The van der Waals surface area contributed by atoms with Crippen LogP contribution in [-0.2, 0) is 4.79 Å². The summed E-state index contributed by atoms with van der Waals surface area (Å²) >= 11 is 0. The standard InChI is InChI=1S/C10H16N6O/c1-2-12-7-5-8(15-10(11)14-7)16-4-3-13-9(17)6-16/h5H,2-4,6H2,1H3,(H,13,17)(H3,11,12,14,15). The molecule has 92 valence electrons. The van der Waals surface area contributed by atoms with Crippen molar-refractivity contribution in [1.29, 1.82) is 0 Å². The average Bonchev–Trinajstić information content (AvgIpc) is 2.28. The Bertz CT molecular complexity index is 421. The van der Waals surface area contributed by atoms with Crippen LogP contribution < -0.4 is 21.3 Å². The van der Waals surface area contributed by atoms with Gasteiger partial charge in [-0.15, -0.1) is 0 Å². The monoisotopic (exact) mass is 236 g/mol. The lowest BCUT2D eigenvalue weighted by atomic mass is 10.3. The lowest BCUT2D eigenvalue weighted by molar-refractivity contribution is -0.120. The first-order valence-electron chi connectivity index (χ1n) is 5.59. The summed E-state index contributed by atoms with van der Waals surface area (Å²) in [7, 11) is 0. The first kappa shape index (κ1) is 11.4. The Morgan fingerprint density at radius 2 is 2.41 bits per heavy atom. The van der Waals surface area contributed by atoms with E-state index < -0.39 is 0 Å². The highest BCUT2D eigenvalue weighted by Gasteiger charge is 2.18. The lowest BCUT2D eigenvalue weighted by Crippen LogP contribution is -2.48. The van der Waals surface area contributed by atoms with E-state index in [1.54, 1.807) is 6.07 Å². The number of anilines is 3. The summed E-state index contributed by atoms with van der Waals surface area (Å²) in [6.07, 6.45) is 0. The SMILES string of the molecule is CCNc1cc(N2CCNC(=O)C2)nc(N)n1. The molecule has 7 heteroatoms. The maximum Gasteiger partial charge on any atom is 0.239 e. The lowest BCUT2D eigenvalue weighted by Gasteiger charge is -2.27. The third kappa shape index (κ3) is 2.74. The molecule has 0 radical (unpaired) electrons. The molecule has 1 aromatic rings. The van der Waals surface area contributed by atoms with E-state index in [-0.39, 0.29) is 11.9 Å². The number of nitrogens with two attached hydrogens (primary N) is 1. The maximum atomic E-state index is 11.3. The van der Waals surface area contributed by atoms with Gasteiger partial charge in [0.25, 0.3) is 0 Å². The van der Waals surface area contributed by atoms with Crippen LogP contribution in [0, 0.1) is 0 Å². The fourth-order valence-electron chi connectivity index (χ4n) is 1.72. The van der Waals surface area contributed by atoms with Gasteiger partial charge in [0.05, 0.1) is 6.54 Å². The Kier molecular flexibility index (Phi) is 3.27. The van der Waals surface area contributed by atoms with Crippen LogP contribution in [0.3, 0.4) is 0 Å². The van der Waals surface area contributed by atoms with Crippen molar-refractivity contribution in [2.75, 3.05) is 42.1 Å². The van der Waals surface area contributed by atoms with E-state index in [9.17, 15) is 4.79 Å². The highest BCUT2D eigenvalue weighted by Crippen LogP contribution is 2.17. The maximum absolute atomic E-state index is 11.3. The second-order valence-electron chi connectivity index (χ2n) is 3.77. The number of carbonyl (C=O) groups is 1. The fraction of sp³-hybridized carbons (Fsp3) is 0.500. The van der Waals surface area contributed by atoms with Crippen LogP contribution in [-0.4, -0.2) is 42.1 Å². The molecule has 0 aromatic carbocycles. The van der Waals surface area contributed by atoms with E-state index in [0.717, 1.165) is 13.1 Å². The van der Waals surface area contributed by atoms with E-state index in [4.69, 9.17) is 5.73 Å². The third-order valence-electron chi connectivity index (χ3n) is 2.45. The van der Waals surface area contributed by atoms with Crippen molar-refractivity contribution in [2.24, 2.45) is 0 Å². The van der Waals surface area contributed by atoms with Gasteiger partial charge in [0.1, 0.15) is 11.6 Å². The molecule has 0 atom stereocenters. The molecule has 0 unspecified atom stereocenters. The quantitative estimate of drug-likeness (QED) is 0.650. The van der Waals surface area contributed by atoms with Crippen LogP contribution in [0.15, 0.2) is 6.07 Å². The molecule has 0 aliphatic carbocycles. The molecule has 1 aliphatic rings. The minimum absolute atomic E-state index is 0.00145. The second-order valence-corrected chi connectivity index (χ2v) is 3.77. The van der Waals surface area contributed by atoms with E-state index in [1.807, 2.05) is 11.8 Å². The molecule has 4 N–H and O–H groups in total. The molecule has 1 aromatic heterocycles. The topological polar surface area (TPSA) is 96.2 Å². The van der Waals surface area contributed by atoms with Crippen LogP contribution in [0.4, 0.5) is 17.6 Å². The van der Waals surface area contributed by atoms with Gasteiger partial charge in [-0.25, -0.2) is 0 Å². The number of hydrogen-bond acceptors (Lipinski definition) is 6. The Hall–Kier alpha value is -2.05. The van der Waals surface area contributed by atoms with E-state index in [1.165, 1.54) is 0 Å². The minimum atomic E-state index is -0.00145. The van der Waals surface area contributed by atoms with Gasteiger partial charge < -0.3 is 21.3 Å². The van der Waals surface area contributed by atoms with Gasteiger partial charge in [0, 0.05) is 25.7 Å². The van der Waals surface area contributed by atoms with Crippen molar-refractivity contribution in [3.05, 3.63) is 6.07 Å². The highest BCUT2D eigenvalue weighted by molar-refractivity contribution is 5.82. The predicted molar refractivity (Wildman–Crippen MR) is 65.8 cm³/mol. The van der Waals surface area contributed by atoms with Gasteiger partial charge in [-0.2, -0.15) is 9.97 Å². The van der Waals surface area contributed by atoms with Crippen LogP contribution in [0.5, 0.6) is 0 Å². The molecule has 0 saturated carbocycles. The molecular formula is C10H16N6O. The van der Waals surface area contributed by atoms with Gasteiger partial charge in [0.15, 0.2) is 0 Å². The average molecular weight is 236 g/mol. The van der Waals surface area contributed by atoms with Gasteiger partial charge in [-0.3, -0.25) is 4.79 Å². The molecule has 2 rings (SSSR count). The van der Waals surface area contributed by atoms with Crippen molar-refractivity contribution in [1.82, 2.24) is 15.3 Å². The Morgan fingerprint density at radius 3 is 3.12 bits per heavy atom. The Labute approximate surface area is 99.4 Å². The first-order chi connectivity index (χ1) is 8.19. The van der Waals surface area contributed by atoms with Gasteiger partial charge >= 0.3 is 0 Å². The van der Waals surface area contributed by atoms with Crippen LogP contribution >= 0.6 is 0 Å². The van der Waals surface area contributed by atoms with Crippen LogP contribution in [0.2, 0.25) is 0 Å². The first-order valence-corrected chi connectivity index (χ1v) is 5.59. The summed E-state index contributed by atoms with van der Waals surface area (Å²) in [5, 5.41) is 5.85. The van der Waals surface area contributed by atoms with E-state index in [2.05, 4.69) is 20.6 Å². The smallest absolute Gasteiger partial charge is 0.239 e. The highest BCUT2D eigenvalue weighted by atomic mass is 16.2. The van der Waals surface area contributed by atoms with Crippen LogP contribution in [0.1, 0.15) is 6.92 Å². The molecule has 1 amide bonds. The zero-order valence-corrected chi connectivity index (χ0v) is 9.73. The largest absolute Gasteiger partial charge is 0.370 e. The number of nitrogens with one attached hydrogen (secondary N) is 2. The number of amides is 1. The number of aromatic nitrogens is 2. The number of nitrogens with zero attached hydrogens (tertiary/aromatic N) is 3. The van der Waals surface area contributed by atoms with E-state index >= 15 is 0 Å². The fourth-order valence-corrected chi connectivity index (χ4v) is 1.72. The minimum Gasteiger partial charge on any atom is -0.370 e. The summed E-state index contributed by atoms with van der Waals surface area (Å²) in [5.41, 5.74) is 5.64. The number of rotatable bonds is 3. The number of piperazine rings is 1. The molecule has 0 bridgehead atoms. The van der Waals surface area contributed by atoms with Crippen molar-refractivity contribution in [3.63, 3.8) is 0 Å². The zero-order chi connectivity index (χ0) is 12.3. The Balaban J connectivity index is 2.21. The predicted octanol–water partition coefficient (Wildman–Crippen LogP) is -0.573. The molecule has 1 saturated heterocycles. The van der Waals surface area contributed by atoms with Crippen LogP contribution in [0.25, 0.3) is 0 Å². The summed E-state index contributed by atoms with van der Waals surface area (Å²) in [5.74, 6) is 1.58. The number of nitrogen functional groups attached to an aromatic ring is 1. The number of hydrogen-bond donors (Lipinski definition) is 3. The van der Waals surface area contributed by atoms with Gasteiger partial charge in [-0.1, -0.05) is 0 Å². The molecular weight excluding hydrogens is 220 g/mol. The molecule has 2 heterocycles. The zero-order valence-electron chi connectivity index (χ0n) is 9.73. The third-order valence-corrected chi connectivity index (χ3v) is 2.45.